The number of benzene rings is 1. The van der Waals surface area contributed by atoms with Gasteiger partial charge >= 0.3 is 0 Å². The molecule has 0 heterocycles. The van der Waals surface area contributed by atoms with Crippen molar-refractivity contribution in [2.45, 2.75) is 39.4 Å². The van der Waals surface area contributed by atoms with Gasteiger partial charge in [-0.25, -0.2) is 0 Å². The fraction of sp³-hybridized carbons (Fsp3) is 0.529. The lowest BCUT2D eigenvalue weighted by Gasteiger charge is -2.21. The first-order valence-electron chi connectivity index (χ1n) is 7.21. The van der Waals surface area contributed by atoms with E-state index >= 15 is 0 Å². The molecule has 0 aromatic heterocycles. The van der Waals surface area contributed by atoms with Gasteiger partial charge < -0.3 is 10.4 Å². The SMILES string of the molecule is C=CCN(CCO)Cc1ccc(CNC(C)(C)C)cc1. The first-order chi connectivity index (χ1) is 9.44. The molecular weight excluding hydrogens is 248 g/mol. The summed E-state index contributed by atoms with van der Waals surface area (Å²) in [5.74, 6) is 0. The summed E-state index contributed by atoms with van der Waals surface area (Å²) in [5.41, 5.74) is 2.70. The number of hydrogen-bond donors (Lipinski definition) is 2. The Labute approximate surface area is 123 Å². The van der Waals surface area contributed by atoms with Crippen LogP contribution in [0.1, 0.15) is 31.9 Å². The first kappa shape index (κ1) is 16.9. The molecule has 112 valence electrons. The Morgan fingerprint density at radius 2 is 1.80 bits per heavy atom. The number of rotatable bonds is 8. The van der Waals surface area contributed by atoms with Crippen LogP contribution in [0.3, 0.4) is 0 Å². The average Bonchev–Trinajstić information content (AvgIpc) is 2.38. The van der Waals surface area contributed by atoms with Crippen molar-refractivity contribution in [1.82, 2.24) is 10.2 Å². The molecule has 1 rings (SSSR count). The molecule has 0 fully saturated rings. The highest BCUT2D eigenvalue weighted by Crippen LogP contribution is 2.09. The predicted molar refractivity (Wildman–Crippen MR) is 85.6 cm³/mol. The molecule has 0 radical (unpaired) electrons. The van der Waals surface area contributed by atoms with Crippen molar-refractivity contribution in [3.05, 3.63) is 48.0 Å². The van der Waals surface area contributed by atoms with Gasteiger partial charge in [0.25, 0.3) is 0 Å². The molecule has 0 aliphatic rings. The van der Waals surface area contributed by atoms with Crippen LogP contribution in [0.5, 0.6) is 0 Å². The van der Waals surface area contributed by atoms with E-state index in [4.69, 9.17) is 5.11 Å². The maximum absolute atomic E-state index is 9.05. The molecule has 0 aliphatic heterocycles. The molecule has 1 aromatic rings. The summed E-state index contributed by atoms with van der Waals surface area (Å²) < 4.78 is 0. The summed E-state index contributed by atoms with van der Waals surface area (Å²) in [6.45, 7) is 13.7. The van der Waals surface area contributed by atoms with E-state index in [-0.39, 0.29) is 12.1 Å². The molecule has 20 heavy (non-hydrogen) atoms. The average molecular weight is 276 g/mol. The normalized spacial score (nSPS) is 11.8. The summed E-state index contributed by atoms with van der Waals surface area (Å²) in [7, 11) is 0. The van der Waals surface area contributed by atoms with Crippen LogP contribution >= 0.6 is 0 Å². The summed E-state index contributed by atoms with van der Waals surface area (Å²) in [6, 6.07) is 8.65. The van der Waals surface area contributed by atoms with Crippen LogP contribution in [0, 0.1) is 0 Å². The molecule has 0 bridgehead atoms. The smallest absolute Gasteiger partial charge is 0.0558 e. The van der Waals surface area contributed by atoms with Gasteiger partial charge in [0.05, 0.1) is 6.61 Å². The Kier molecular flexibility index (Phi) is 6.93. The van der Waals surface area contributed by atoms with Crippen LogP contribution in [0.15, 0.2) is 36.9 Å². The summed E-state index contributed by atoms with van der Waals surface area (Å²) in [6.07, 6.45) is 1.87. The lowest BCUT2D eigenvalue weighted by Crippen LogP contribution is -2.35. The van der Waals surface area contributed by atoms with Crippen molar-refractivity contribution in [3.8, 4) is 0 Å². The lowest BCUT2D eigenvalue weighted by atomic mass is 10.1. The highest BCUT2D eigenvalue weighted by Gasteiger charge is 2.08. The predicted octanol–water partition coefficient (Wildman–Crippen LogP) is 2.56. The molecular formula is C17H28N2O. The van der Waals surface area contributed by atoms with Crippen LogP contribution < -0.4 is 5.32 Å². The molecule has 0 saturated carbocycles. The monoisotopic (exact) mass is 276 g/mol. The van der Waals surface area contributed by atoms with E-state index in [9.17, 15) is 0 Å². The van der Waals surface area contributed by atoms with Gasteiger partial charge in [-0.1, -0.05) is 30.3 Å². The Balaban J connectivity index is 2.54. The zero-order valence-electron chi connectivity index (χ0n) is 13.0. The zero-order valence-corrected chi connectivity index (χ0v) is 13.0. The van der Waals surface area contributed by atoms with Gasteiger partial charge in [0.15, 0.2) is 0 Å². The van der Waals surface area contributed by atoms with Crippen LogP contribution in [0.4, 0.5) is 0 Å². The minimum absolute atomic E-state index is 0.139. The largest absolute Gasteiger partial charge is 0.395 e. The Morgan fingerprint density at radius 1 is 1.20 bits per heavy atom. The van der Waals surface area contributed by atoms with Crippen LogP contribution in [0.2, 0.25) is 0 Å². The van der Waals surface area contributed by atoms with Gasteiger partial charge in [-0.15, -0.1) is 6.58 Å². The Hall–Kier alpha value is -1.16. The molecule has 1 aromatic carbocycles. The molecule has 0 spiro atoms. The minimum atomic E-state index is 0.139. The topological polar surface area (TPSA) is 35.5 Å². The van der Waals surface area contributed by atoms with E-state index in [0.29, 0.717) is 6.54 Å². The summed E-state index contributed by atoms with van der Waals surface area (Å²) in [5, 5.41) is 12.5. The fourth-order valence-corrected chi connectivity index (χ4v) is 1.95. The van der Waals surface area contributed by atoms with Gasteiger partial charge in [0.2, 0.25) is 0 Å². The van der Waals surface area contributed by atoms with Crippen LogP contribution in [-0.2, 0) is 13.1 Å². The highest BCUT2D eigenvalue weighted by molar-refractivity contribution is 5.22. The van der Waals surface area contributed by atoms with E-state index in [2.05, 4.69) is 61.8 Å². The molecule has 3 heteroatoms. The van der Waals surface area contributed by atoms with Crippen molar-refractivity contribution < 1.29 is 5.11 Å². The van der Waals surface area contributed by atoms with Crippen LogP contribution in [-0.4, -0.2) is 35.2 Å². The molecule has 0 atom stereocenters. The van der Waals surface area contributed by atoms with Crippen molar-refractivity contribution in [3.63, 3.8) is 0 Å². The van der Waals surface area contributed by atoms with E-state index in [1.807, 2.05) is 6.08 Å². The molecule has 3 nitrogen and oxygen atoms in total. The van der Waals surface area contributed by atoms with Crippen molar-refractivity contribution in [1.29, 1.82) is 0 Å². The van der Waals surface area contributed by atoms with Gasteiger partial charge in [0.1, 0.15) is 0 Å². The third-order valence-electron chi connectivity index (χ3n) is 3.06. The third kappa shape index (κ3) is 6.85. The number of nitrogens with one attached hydrogen (secondary N) is 1. The summed E-state index contributed by atoms with van der Waals surface area (Å²) >= 11 is 0. The van der Waals surface area contributed by atoms with Crippen molar-refractivity contribution in [2.24, 2.45) is 0 Å². The van der Waals surface area contributed by atoms with Crippen molar-refractivity contribution >= 4 is 0 Å². The van der Waals surface area contributed by atoms with Gasteiger partial charge in [-0.3, -0.25) is 4.90 Å². The minimum Gasteiger partial charge on any atom is -0.395 e. The molecule has 2 N–H and O–H groups in total. The zero-order chi connectivity index (χ0) is 15.0. The number of nitrogens with zero attached hydrogens (tertiary/aromatic N) is 1. The highest BCUT2D eigenvalue weighted by atomic mass is 16.3. The molecule has 0 amide bonds. The van der Waals surface area contributed by atoms with E-state index in [1.165, 1.54) is 11.1 Å². The van der Waals surface area contributed by atoms with E-state index in [0.717, 1.165) is 19.6 Å². The van der Waals surface area contributed by atoms with Gasteiger partial charge in [0, 0.05) is 31.7 Å². The van der Waals surface area contributed by atoms with E-state index < -0.39 is 0 Å². The second-order valence-corrected chi connectivity index (χ2v) is 6.17. The van der Waals surface area contributed by atoms with Gasteiger partial charge in [-0.05, 0) is 31.9 Å². The third-order valence-corrected chi connectivity index (χ3v) is 3.06. The second-order valence-electron chi connectivity index (χ2n) is 6.17. The lowest BCUT2D eigenvalue weighted by molar-refractivity contribution is 0.203. The maximum atomic E-state index is 9.05. The van der Waals surface area contributed by atoms with Crippen LogP contribution in [0.25, 0.3) is 0 Å². The van der Waals surface area contributed by atoms with Gasteiger partial charge in [-0.2, -0.15) is 0 Å². The first-order valence-corrected chi connectivity index (χ1v) is 7.21. The Bertz CT molecular complexity index is 392. The molecule has 0 unspecified atom stereocenters. The standard InChI is InChI=1S/C17H28N2O/c1-5-10-19(11-12-20)14-16-8-6-15(7-9-16)13-18-17(2,3)4/h5-9,18,20H,1,10-14H2,2-4H3. The fourth-order valence-electron chi connectivity index (χ4n) is 1.95. The summed E-state index contributed by atoms with van der Waals surface area (Å²) in [4.78, 5) is 2.18. The maximum Gasteiger partial charge on any atom is 0.0558 e. The Morgan fingerprint density at radius 3 is 2.30 bits per heavy atom. The second kappa shape index (κ2) is 8.20. The number of hydrogen-bond acceptors (Lipinski definition) is 3. The quantitative estimate of drug-likeness (QED) is 0.716. The van der Waals surface area contributed by atoms with Crippen molar-refractivity contribution in [2.75, 3.05) is 19.7 Å². The molecule has 0 aliphatic carbocycles. The molecule has 0 saturated heterocycles. The number of aliphatic hydroxyl groups is 1. The number of aliphatic hydroxyl groups excluding tert-OH is 1. The van der Waals surface area contributed by atoms with E-state index in [1.54, 1.807) is 0 Å².